The molecule has 6 heteroatoms. The van der Waals surface area contributed by atoms with Crippen molar-refractivity contribution in [1.29, 1.82) is 0 Å². The van der Waals surface area contributed by atoms with Crippen LogP contribution < -0.4 is 5.73 Å². The van der Waals surface area contributed by atoms with Crippen molar-refractivity contribution in [2.75, 3.05) is 20.3 Å². The van der Waals surface area contributed by atoms with Gasteiger partial charge in [0, 0.05) is 33.2 Å². The van der Waals surface area contributed by atoms with Gasteiger partial charge < -0.3 is 19.7 Å². The third-order valence-electron chi connectivity index (χ3n) is 4.08. The van der Waals surface area contributed by atoms with Crippen LogP contribution in [0.15, 0.2) is 4.52 Å². The molecule has 19 heavy (non-hydrogen) atoms. The molecule has 1 aromatic rings. The lowest BCUT2D eigenvalue weighted by molar-refractivity contribution is -0.101. The summed E-state index contributed by atoms with van der Waals surface area (Å²) in [5, 5.41) is 4.07. The zero-order valence-corrected chi connectivity index (χ0v) is 11.9. The number of nitrogens with zero attached hydrogens (tertiary/aromatic N) is 2. The summed E-state index contributed by atoms with van der Waals surface area (Å²) in [5.41, 5.74) is 5.62. The van der Waals surface area contributed by atoms with Crippen molar-refractivity contribution in [1.82, 2.24) is 10.1 Å². The molecule has 1 aromatic heterocycles. The largest absolute Gasteiger partial charge is 0.381 e. The summed E-state index contributed by atoms with van der Waals surface area (Å²) < 4.78 is 16.3. The molecule has 0 spiro atoms. The van der Waals surface area contributed by atoms with Crippen LogP contribution in [0.2, 0.25) is 0 Å². The average molecular weight is 269 g/mol. The average Bonchev–Trinajstić information content (AvgIpc) is 2.96. The Morgan fingerprint density at radius 1 is 1.42 bits per heavy atom. The summed E-state index contributed by atoms with van der Waals surface area (Å²) in [6.07, 6.45) is 2.45. The molecule has 0 amide bonds. The van der Waals surface area contributed by atoms with E-state index < -0.39 is 5.60 Å². The first kappa shape index (κ1) is 14.4. The molecule has 1 saturated heterocycles. The molecule has 0 unspecified atom stereocenters. The molecular formula is C13H23N3O3. The first-order chi connectivity index (χ1) is 9.13. The SMILES string of the molecule is CC[C@H](C)[C@H](N)c1nc(C2(OC)CCOCC2)no1. The molecule has 0 bridgehead atoms. The molecule has 0 saturated carbocycles. The molecule has 6 nitrogen and oxygen atoms in total. The smallest absolute Gasteiger partial charge is 0.243 e. The van der Waals surface area contributed by atoms with Crippen LogP contribution in [0.1, 0.15) is 50.9 Å². The minimum absolute atomic E-state index is 0.222. The number of aromatic nitrogens is 2. The minimum Gasteiger partial charge on any atom is -0.381 e. The van der Waals surface area contributed by atoms with Crippen molar-refractivity contribution in [3.63, 3.8) is 0 Å². The van der Waals surface area contributed by atoms with Crippen LogP contribution in [-0.2, 0) is 15.1 Å². The van der Waals surface area contributed by atoms with Gasteiger partial charge in [0.15, 0.2) is 0 Å². The number of methoxy groups -OCH3 is 1. The first-order valence-electron chi connectivity index (χ1n) is 6.85. The quantitative estimate of drug-likeness (QED) is 0.877. The maximum Gasteiger partial charge on any atom is 0.243 e. The van der Waals surface area contributed by atoms with Crippen LogP contribution >= 0.6 is 0 Å². The molecule has 2 heterocycles. The molecule has 2 rings (SSSR count). The zero-order valence-electron chi connectivity index (χ0n) is 11.9. The molecule has 0 aromatic carbocycles. The number of rotatable bonds is 5. The number of hydrogen-bond donors (Lipinski definition) is 1. The van der Waals surface area contributed by atoms with Crippen LogP contribution in [0, 0.1) is 5.92 Å². The fraction of sp³-hybridized carbons (Fsp3) is 0.846. The van der Waals surface area contributed by atoms with Crippen molar-refractivity contribution >= 4 is 0 Å². The lowest BCUT2D eigenvalue weighted by Crippen LogP contribution is -2.36. The van der Waals surface area contributed by atoms with Crippen molar-refractivity contribution < 1.29 is 14.0 Å². The van der Waals surface area contributed by atoms with Gasteiger partial charge in [-0.05, 0) is 5.92 Å². The fourth-order valence-corrected chi connectivity index (χ4v) is 2.27. The monoisotopic (exact) mass is 269 g/mol. The molecule has 0 radical (unpaired) electrons. The Morgan fingerprint density at radius 2 is 2.11 bits per heavy atom. The molecule has 1 aliphatic heterocycles. The van der Waals surface area contributed by atoms with Gasteiger partial charge in [-0.3, -0.25) is 0 Å². The summed E-state index contributed by atoms with van der Waals surface area (Å²) in [6, 6.07) is -0.222. The highest BCUT2D eigenvalue weighted by molar-refractivity contribution is 5.05. The topological polar surface area (TPSA) is 83.4 Å². The number of ether oxygens (including phenoxy) is 2. The van der Waals surface area contributed by atoms with Gasteiger partial charge in [0.25, 0.3) is 0 Å². The van der Waals surface area contributed by atoms with E-state index in [1.54, 1.807) is 7.11 Å². The van der Waals surface area contributed by atoms with E-state index in [1.165, 1.54) is 0 Å². The van der Waals surface area contributed by atoms with E-state index in [9.17, 15) is 0 Å². The van der Waals surface area contributed by atoms with Crippen LogP contribution in [0.5, 0.6) is 0 Å². The Hall–Kier alpha value is -0.980. The van der Waals surface area contributed by atoms with E-state index in [0.29, 0.717) is 30.8 Å². The second-order valence-electron chi connectivity index (χ2n) is 5.18. The molecule has 108 valence electrons. The van der Waals surface area contributed by atoms with E-state index in [-0.39, 0.29) is 6.04 Å². The lowest BCUT2D eigenvalue weighted by atomic mass is 9.93. The molecule has 1 fully saturated rings. The molecule has 1 aliphatic rings. The maximum atomic E-state index is 6.11. The molecule has 2 atom stereocenters. The third kappa shape index (κ3) is 2.80. The number of hydrogen-bond acceptors (Lipinski definition) is 6. The Labute approximate surface area is 113 Å². The minimum atomic E-state index is -0.491. The van der Waals surface area contributed by atoms with Gasteiger partial charge in [-0.25, -0.2) is 0 Å². The Kier molecular flexibility index (Phi) is 4.54. The highest BCUT2D eigenvalue weighted by Gasteiger charge is 2.39. The van der Waals surface area contributed by atoms with Gasteiger partial charge >= 0.3 is 0 Å². The zero-order chi connectivity index (χ0) is 13.9. The van der Waals surface area contributed by atoms with E-state index >= 15 is 0 Å². The van der Waals surface area contributed by atoms with Gasteiger partial charge in [-0.1, -0.05) is 25.4 Å². The van der Waals surface area contributed by atoms with E-state index in [1.807, 2.05) is 0 Å². The van der Waals surface area contributed by atoms with Crippen LogP contribution in [0.25, 0.3) is 0 Å². The summed E-state index contributed by atoms with van der Waals surface area (Å²) >= 11 is 0. The van der Waals surface area contributed by atoms with Crippen LogP contribution in [0.3, 0.4) is 0 Å². The van der Waals surface area contributed by atoms with Gasteiger partial charge in [0.05, 0.1) is 6.04 Å². The Balaban J connectivity index is 2.19. The standard InChI is InChI=1S/C13H23N3O3/c1-4-9(2)10(14)11-15-12(16-19-11)13(17-3)5-7-18-8-6-13/h9-10H,4-8,14H2,1-3H3/t9-,10-/m0/s1. The lowest BCUT2D eigenvalue weighted by Gasteiger charge is -2.32. The van der Waals surface area contributed by atoms with E-state index in [0.717, 1.165) is 19.3 Å². The summed E-state index contributed by atoms with van der Waals surface area (Å²) in [7, 11) is 1.68. The van der Waals surface area contributed by atoms with E-state index in [4.69, 9.17) is 19.7 Å². The summed E-state index contributed by atoms with van der Waals surface area (Å²) in [6.45, 7) is 5.47. The predicted molar refractivity (Wildman–Crippen MR) is 69.4 cm³/mol. The summed E-state index contributed by atoms with van der Waals surface area (Å²) in [5.74, 6) is 1.39. The maximum absolute atomic E-state index is 6.11. The van der Waals surface area contributed by atoms with Gasteiger partial charge in [0.1, 0.15) is 5.60 Å². The van der Waals surface area contributed by atoms with Crippen LogP contribution in [-0.4, -0.2) is 30.5 Å². The summed E-state index contributed by atoms with van der Waals surface area (Å²) in [4.78, 5) is 4.46. The Morgan fingerprint density at radius 3 is 2.68 bits per heavy atom. The Bertz CT molecular complexity index is 402. The third-order valence-corrected chi connectivity index (χ3v) is 4.08. The second-order valence-corrected chi connectivity index (χ2v) is 5.18. The normalized spacial score (nSPS) is 22.1. The highest BCUT2D eigenvalue weighted by atomic mass is 16.5. The second kappa shape index (κ2) is 5.98. The van der Waals surface area contributed by atoms with Gasteiger partial charge in [-0.2, -0.15) is 4.98 Å². The fourth-order valence-electron chi connectivity index (χ4n) is 2.27. The first-order valence-corrected chi connectivity index (χ1v) is 6.85. The molecular weight excluding hydrogens is 246 g/mol. The van der Waals surface area contributed by atoms with Crippen molar-refractivity contribution in [2.45, 2.75) is 44.8 Å². The van der Waals surface area contributed by atoms with Crippen molar-refractivity contribution in [2.24, 2.45) is 11.7 Å². The predicted octanol–water partition coefficient (Wildman–Crippen LogP) is 1.77. The van der Waals surface area contributed by atoms with Gasteiger partial charge in [-0.15, -0.1) is 0 Å². The van der Waals surface area contributed by atoms with Crippen molar-refractivity contribution in [3.8, 4) is 0 Å². The van der Waals surface area contributed by atoms with Gasteiger partial charge in [0.2, 0.25) is 11.7 Å². The van der Waals surface area contributed by atoms with Crippen LogP contribution in [0.4, 0.5) is 0 Å². The van der Waals surface area contributed by atoms with Crippen molar-refractivity contribution in [3.05, 3.63) is 11.7 Å². The number of nitrogens with two attached hydrogens (primary N) is 1. The molecule has 2 N–H and O–H groups in total. The van der Waals surface area contributed by atoms with E-state index in [2.05, 4.69) is 24.0 Å². The molecule has 0 aliphatic carbocycles. The highest BCUT2D eigenvalue weighted by Crippen LogP contribution is 2.34.